The first-order valence-electron chi connectivity index (χ1n) is 7.62. The summed E-state index contributed by atoms with van der Waals surface area (Å²) in [6.45, 7) is 0.0715. The Morgan fingerprint density at radius 3 is 2.75 bits per heavy atom. The Kier molecular flexibility index (Phi) is 4.33. The lowest BCUT2D eigenvalue weighted by Crippen LogP contribution is -2.30. The van der Waals surface area contributed by atoms with Crippen LogP contribution in [0.3, 0.4) is 0 Å². The number of methoxy groups -OCH3 is 1. The van der Waals surface area contributed by atoms with Gasteiger partial charge in [-0.1, -0.05) is 6.07 Å². The highest BCUT2D eigenvalue weighted by atomic mass is 19.1. The van der Waals surface area contributed by atoms with E-state index in [1.165, 1.54) is 24.1 Å². The van der Waals surface area contributed by atoms with E-state index < -0.39 is 5.82 Å². The van der Waals surface area contributed by atoms with Crippen molar-refractivity contribution in [3.8, 4) is 5.75 Å². The van der Waals surface area contributed by atoms with Crippen LogP contribution in [0.4, 0.5) is 4.39 Å². The molecule has 6 nitrogen and oxygen atoms in total. The molecule has 1 atom stereocenters. The number of aromatic nitrogens is 2. The molecular formula is C17H18FN3O3. The van der Waals surface area contributed by atoms with E-state index in [1.807, 2.05) is 6.20 Å². The van der Waals surface area contributed by atoms with Gasteiger partial charge in [0.25, 0.3) is 0 Å². The van der Waals surface area contributed by atoms with Crippen molar-refractivity contribution in [3.63, 3.8) is 0 Å². The summed E-state index contributed by atoms with van der Waals surface area (Å²) in [7, 11) is 3.18. The molecule has 0 N–H and O–H groups in total. The number of likely N-dealkylation sites (tertiary alicyclic amines) is 1. The maximum absolute atomic E-state index is 13.8. The fourth-order valence-electron chi connectivity index (χ4n) is 2.93. The Morgan fingerprint density at radius 1 is 1.33 bits per heavy atom. The summed E-state index contributed by atoms with van der Waals surface area (Å²) in [5, 5.41) is 4.07. The van der Waals surface area contributed by atoms with Gasteiger partial charge in [-0.2, -0.15) is 5.10 Å². The number of halogens is 1. The molecule has 0 radical (unpaired) electrons. The zero-order valence-electron chi connectivity index (χ0n) is 13.5. The lowest BCUT2D eigenvalue weighted by atomic mass is 10.0. The largest absolute Gasteiger partial charge is 0.494 e. The van der Waals surface area contributed by atoms with E-state index in [1.54, 1.807) is 24.0 Å². The summed E-state index contributed by atoms with van der Waals surface area (Å²) in [5.74, 6) is -1.22. The summed E-state index contributed by atoms with van der Waals surface area (Å²) in [6.07, 6.45) is 4.18. The molecule has 1 aliphatic rings. The van der Waals surface area contributed by atoms with Gasteiger partial charge < -0.3 is 4.74 Å². The maximum Gasteiger partial charge on any atom is 0.233 e. The van der Waals surface area contributed by atoms with Gasteiger partial charge in [-0.25, -0.2) is 4.39 Å². The fourth-order valence-corrected chi connectivity index (χ4v) is 2.93. The van der Waals surface area contributed by atoms with Crippen LogP contribution in [0.2, 0.25) is 0 Å². The monoisotopic (exact) mass is 331 g/mol. The van der Waals surface area contributed by atoms with E-state index in [-0.39, 0.29) is 36.4 Å². The minimum absolute atomic E-state index is 0.0715. The van der Waals surface area contributed by atoms with Crippen LogP contribution >= 0.6 is 0 Å². The second-order valence-corrected chi connectivity index (χ2v) is 5.91. The zero-order valence-corrected chi connectivity index (χ0v) is 13.5. The Hall–Kier alpha value is -2.70. The van der Waals surface area contributed by atoms with Crippen molar-refractivity contribution < 1.29 is 18.7 Å². The number of carbonyl (C=O) groups is 2. The number of ether oxygens (including phenoxy) is 1. The number of nitrogens with zero attached hydrogens (tertiary/aromatic N) is 3. The van der Waals surface area contributed by atoms with Gasteiger partial charge in [-0.3, -0.25) is 19.2 Å². The molecule has 1 fully saturated rings. The minimum Gasteiger partial charge on any atom is -0.494 e. The van der Waals surface area contributed by atoms with Crippen LogP contribution in [0.5, 0.6) is 5.75 Å². The molecule has 1 aromatic carbocycles. The number of amides is 2. The average molecular weight is 331 g/mol. The second-order valence-electron chi connectivity index (χ2n) is 5.91. The second kappa shape index (κ2) is 6.43. The highest BCUT2D eigenvalue weighted by Gasteiger charge is 2.38. The van der Waals surface area contributed by atoms with E-state index in [0.29, 0.717) is 12.0 Å². The van der Waals surface area contributed by atoms with E-state index in [0.717, 1.165) is 5.56 Å². The smallest absolute Gasteiger partial charge is 0.233 e. The molecule has 0 aliphatic carbocycles. The van der Waals surface area contributed by atoms with Crippen LogP contribution < -0.4 is 4.74 Å². The Labute approximate surface area is 138 Å². The van der Waals surface area contributed by atoms with Gasteiger partial charge in [-0.05, 0) is 29.7 Å². The molecule has 1 aliphatic heterocycles. The zero-order chi connectivity index (χ0) is 17.3. The van der Waals surface area contributed by atoms with Gasteiger partial charge in [0.05, 0.1) is 25.8 Å². The summed E-state index contributed by atoms with van der Waals surface area (Å²) >= 11 is 0. The highest BCUT2D eigenvalue weighted by molar-refractivity contribution is 6.03. The number of carbonyl (C=O) groups excluding carboxylic acids is 2. The predicted octanol–water partition coefficient (Wildman–Crippen LogP) is 1.69. The molecule has 2 aromatic rings. The topological polar surface area (TPSA) is 64.4 Å². The SMILES string of the molecule is COc1ccc(CN2C(=O)C[C@@H](Cc3cnn(C)c3)C2=O)cc1F. The molecule has 2 heterocycles. The van der Waals surface area contributed by atoms with E-state index in [2.05, 4.69) is 5.10 Å². The van der Waals surface area contributed by atoms with Crippen LogP contribution in [0.25, 0.3) is 0 Å². The van der Waals surface area contributed by atoms with Gasteiger partial charge in [0.2, 0.25) is 11.8 Å². The van der Waals surface area contributed by atoms with Crippen molar-refractivity contribution in [1.82, 2.24) is 14.7 Å². The van der Waals surface area contributed by atoms with E-state index in [9.17, 15) is 14.0 Å². The van der Waals surface area contributed by atoms with Crippen molar-refractivity contribution >= 4 is 11.8 Å². The first-order chi connectivity index (χ1) is 11.5. The molecule has 126 valence electrons. The Balaban J connectivity index is 1.71. The van der Waals surface area contributed by atoms with Crippen molar-refractivity contribution in [1.29, 1.82) is 0 Å². The molecular weight excluding hydrogens is 313 g/mol. The third-order valence-corrected chi connectivity index (χ3v) is 4.13. The lowest BCUT2D eigenvalue weighted by Gasteiger charge is -2.15. The number of imide groups is 1. The van der Waals surface area contributed by atoms with Crippen LogP contribution in [0, 0.1) is 11.7 Å². The van der Waals surface area contributed by atoms with Crippen LogP contribution in [-0.2, 0) is 29.6 Å². The van der Waals surface area contributed by atoms with E-state index in [4.69, 9.17) is 4.74 Å². The molecule has 1 aromatic heterocycles. The average Bonchev–Trinajstić information content (AvgIpc) is 3.06. The molecule has 0 spiro atoms. The summed E-state index contributed by atoms with van der Waals surface area (Å²) in [4.78, 5) is 25.9. The van der Waals surface area contributed by atoms with Gasteiger partial charge in [-0.15, -0.1) is 0 Å². The molecule has 0 bridgehead atoms. The molecule has 0 saturated carbocycles. The molecule has 3 rings (SSSR count). The first-order valence-corrected chi connectivity index (χ1v) is 7.62. The number of aryl methyl sites for hydroxylation is 1. The summed E-state index contributed by atoms with van der Waals surface area (Å²) in [5.41, 5.74) is 1.47. The first kappa shape index (κ1) is 16.2. The van der Waals surface area contributed by atoms with Crippen molar-refractivity contribution in [3.05, 3.63) is 47.5 Å². The number of hydrogen-bond acceptors (Lipinski definition) is 4. The van der Waals surface area contributed by atoms with Crippen molar-refractivity contribution in [2.75, 3.05) is 7.11 Å². The molecule has 0 unspecified atom stereocenters. The minimum atomic E-state index is -0.513. The highest BCUT2D eigenvalue weighted by Crippen LogP contribution is 2.26. The number of benzene rings is 1. The maximum atomic E-state index is 13.8. The third kappa shape index (κ3) is 3.15. The predicted molar refractivity (Wildman–Crippen MR) is 83.5 cm³/mol. The molecule has 2 amide bonds. The van der Waals surface area contributed by atoms with Crippen LogP contribution in [0.1, 0.15) is 17.5 Å². The van der Waals surface area contributed by atoms with Gasteiger partial charge in [0.1, 0.15) is 0 Å². The lowest BCUT2D eigenvalue weighted by molar-refractivity contribution is -0.140. The quantitative estimate of drug-likeness (QED) is 0.782. The standard InChI is InChI=1S/C17H18FN3O3/c1-20-9-12(8-19-20)5-13-7-16(22)21(17(13)23)10-11-3-4-15(24-2)14(18)6-11/h3-4,6,8-9,13H,5,7,10H2,1-2H3/t13-/m1/s1. The number of hydrogen-bond donors (Lipinski definition) is 0. The number of rotatable bonds is 5. The van der Waals surface area contributed by atoms with Gasteiger partial charge >= 0.3 is 0 Å². The third-order valence-electron chi connectivity index (χ3n) is 4.13. The Bertz CT molecular complexity index is 787. The van der Waals surface area contributed by atoms with E-state index >= 15 is 0 Å². The summed E-state index contributed by atoms with van der Waals surface area (Å²) in [6, 6.07) is 4.42. The van der Waals surface area contributed by atoms with Crippen LogP contribution in [-0.4, -0.2) is 33.6 Å². The molecule has 7 heteroatoms. The summed E-state index contributed by atoms with van der Waals surface area (Å²) < 4.78 is 20.3. The van der Waals surface area contributed by atoms with Crippen molar-refractivity contribution in [2.45, 2.75) is 19.4 Å². The van der Waals surface area contributed by atoms with Gasteiger partial charge in [0.15, 0.2) is 11.6 Å². The molecule has 24 heavy (non-hydrogen) atoms. The Morgan fingerprint density at radius 2 is 2.12 bits per heavy atom. The van der Waals surface area contributed by atoms with Gasteiger partial charge in [0, 0.05) is 19.7 Å². The molecule has 1 saturated heterocycles. The fraction of sp³-hybridized carbons (Fsp3) is 0.353. The van der Waals surface area contributed by atoms with Crippen LogP contribution in [0.15, 0.2) is 30.6 Å². The van der Waals surface area contributed by atoms with Crippen molar-refractivity contribution in [2.24, 2.45) is 13.0 Å². The normalized spacial score (nSPS) is 17.6.